The van der Waals surface area contributed by atoms with Crippen molar-refractivity contribution < 1.29 is 0 Å². The number of nitrogens with one attached hydrogen (secondary N) is 2. The Bertz CT molecular complexity index is 629. The number of aliphatic imine (C=N–C) groups is 1. The molecule has 2 unspecified atom stereocenters. The van der Waals surface area contributed by atoms with E-state index in [1.54, 1.807) is 11.3 Å². The molecule has 4 nitrogen and oxygen atoms in total. The van der Waals surface area contributed by atoms with Crippen LogP contribution in [-0.4, -0.2) is 51.1 Å². The molecule has 0 radical (unpaired) electrons. The van der Waals surface area contributed by atoms with Gasteiger partial charge in [0.2, 0.25) is 0 Å². The normalized spacial score (nSPS) is 13.8. The molecule has 0 amide bonds. The van der Waals surface area contributed by atoms with E-state index in [4.69, 9.17) is 0 Å². The number of rotatable bonds is 8. The zero-order chi connectivity index (χ0) is 18.1. The lowest BCUT2D eigenvalue weighted by Gasteiger charge is -2.26. The second-order valence-corrected chi connectivity index (χ2v) is 7.54. The summed E-state index contributed by atoms with van der Waals surface area (Å²) >= 11 is 1.81. The predicted molar refractivity (Wildman–Crippen MR) is 125 cm³/mol. The number of hydrogen-bond donors (Lipinski definition) is 2. The van der Waals surface area contributed by atoms with Gasteiger partial charge in [-0.05, 0) is 37.5 Å². The van der Waals surface area contributed by atoms with Gasteiger partial charge in [-0.1, -0.05) is 43.3 Å². The van der Waals surface area contributed by atoms with Crippen molar-refractivity contribution in [2.45, 2.75) is 25.3 Å². The van der Waals surface area contributed by atoms with E-state index in [-0.39, 0.29) is 24.0 Å². The number of thiophene rings is 1. The van der Waals surface area contributed by atoms with E-state index in [9.17, 15) is 0 Å². The first kappa shape index (κ1) is 22.9. The van der Waals surface area contributed by atoms with Crippen LogP contribution in [0.1, 0.15) is 23.3 Å². The fourth-order valence-corrected chi connectivity index (χ4v) is 3.47. The maximum Gasteiger partial charge on any atom is 0.191 e. The first-order chi connectivity index (χ1) is 12.1. The monoisotopic (exact) mass is 486 g/mol. The Labute approximate surface area is 179 Å². The summed E-state index contributed by atoms with van der Waals surface area (Å²) in [5.41, 5.74) is 1.36. The van der Waals surface area contributed by atoms with Gasteiger partial charge in [0, 0.05) is 37.0 Å². The van der Waals surface area contributed by atoms with E-state index in [0.29, 0.717) is 12.0 Å². The van der Waals surface area contributed by atoms with Crippen LogP contribution < -0.4 is 10.6 Å². The molecule has 2 atom stereocenters. The smallest absolute Gasteiger partial charge is 0.191 e. The lowest BCUT2D eigenvalue weighted by atomic mass is 10.1. The van der Waals surface area contributed by atoms with Crippen LogP contribution in [0.4, 0.5) is 0 Å². The molecule has 0 saturated heterocycles. The highest BCUT2D eigenvalue weighted by Crippen LogP contribution is 2.19. The molecule has 1 heterocycles. The van der Waals surface area contributed by atoms with Crippen LogP contribution in [-0.2, 0) is 6.42 Å². The standard InChI is InChI=1S/C20H30N4S.HI/c1-16(19-11-8-12-25-19)14-22-20(21-2)23-15-18(24(3)4)13-17-9-6-5-7-10-17;/h5-12,16,18H,13-15H2,1-4H3,(H2,21,22,23);1H. The highest BCUT2D eigenvalue weighted by Gasteiger charge is 2.13. The zero-order valence-corrected chi connectivity index (χ0v) is 19.3. The van der Waals surface area contributed by atoms with E-state index in [1.165, 1.54) is 10.4 Å². The van der Waals surface area contributed by atoms with Gasteiger partial charge in [-0.25, -0.2) is 0 Å². The van der Waals surface area contributed by atoms with Gasteiger partial charge in [0.05, 0.1) is 0 Å². The van der Waals surface area contributed by atoms with Gasteiger partial charge in [0.15, 0.2) is 5.96 Å². The molecule has 2 N–H and O–H groups in total. The Balaban J connectivity index is 0.00000338. The van der Waals surface area contributed by atoms with Crippen LogP contribution in [0.3, 0.4) is 0 Å². The molecule has 1 aromatic carbocycles. The molecule has 0 aliphatic rings. The fourth-order valence-electron chi connectivity index (χ4n) is 2.68. The highest BCUT2D eigenvalue weighted by atomic mass is 127. The summed E-state index contributed by atoms with van der Waals surface area (Å²) in [6.07, 6.45) is 1.02. The minimum absolute atomic E-state index is 0. The molecular formula is C20H31IN4S. The third-order valence-electron chi connectivity index (χ3n) is 4.38. The summed E-state index contributed by atoms with van der Waals surface area (Å²) in [7, 11) is 6.09. The van der Waals surface area contributed by atoms with Crippen molar-refractivity contribution in [3.05, 3.63) is 58.3 Å². The fraction of sp³-hybridized carbons (Fsp3) is 0.450. The van der Waals surface area contributed by atoms with Crippen molar-refractivity contribution in [3.63, 3.8) is 0 Å². The number of hydrogen-bond acceptors (Lipinski definition) is 3. The van der Waals surface area contributed by atoms with E-state index >= 15 is 0 Å². The maximum atomic E-state index is 4.36. The highest BCUT2D eigenvalue weighted by molar-refractivity contribution is 14.0. The van der Waals surface area contributed by atoms with Crippen LogP contribution in [0.25, 0.3) is 0 Å². The maximum absolute atomic E-state index is 4.36. The van der Waals surface area contributed by atoms with Crippen molar-refractivity contribution in [1.82, 2.24) is 15.5 Å². The topological polar surface area (TPSA) is 39.7 Å². The molecule has 144 valence electrons. The SMILES string of the molecule is CN=C(NCC(C)c1cccs1)NCC(Cc1ccccc1)N(C)C.I. The Morgan fingerprint density at radius 3 is 2.35 bits per heavy atom. The largest absolute Gasteiger partial charge is 0.356 e. The van der Waals surface area contributed by atoms with Gasteiger partial charge in [-0.15, -0.1) is 35.3 Å². The number of likely N-dealkylation sites (N-methyl/N-ethyl adjacent to an activating group) is 1. The quantitative estimate of drug-likeness (QED) is 0.339. The average molecular weight is 486 g/mol. The second kappa shape index (κ2) is 12.3. The van der Waals surface area contributed by atoms with E-state index < -0.39 is 0 Å². The van der Waals surface area contributed by atoms with Crippen molar-refractivity contribution >= 4 is 41.3 Å². The van der Waals surface area contributed by atoms with Gasteiger partial charge < -0.3 is 15.5 Å². The van der Waals surface area contributed by atoms with Crippen LogP contribution in [0, 0.1) is 0 Å². The van der Waals surface area contributed by atoms with E-state index in [1.807, 2.05) is 7.05 Å². The molecule has 0 aliphatic heterocycles. The van der Waals surface area contributed by atoms with E-state index in [2.05, 4.69) is 89.4 Å². The molecular weight excluding hydrogens is 455 g/mol. The third-order valence-corrected chi connectivity index (χ3v) is 5.48. The number of guanidine groups is 1. The van der Waals surface area contributed by atoms with Crippen LogP contribution in [0.15, 0.2) is 52.8 Å². The molecule has 0 spiro atoms. The molecule has 0 bridgehead atoms. The zero-order valence-electron chi connectivity index (χ0n) is 16.1. The van der Waals surface area contributed by atoms with Gasteiger partial charge >= 0.3 is 0 Å². The molecule has 0 aliphatic carbocycles. The first-order valence-electron chi connectivity index (χ1n) is 8.78. The van der Waals surface area contributed by atoms with Gasteiger partial charge in [-0.2, -0.15) is 0 Å². The summed E-state index contributed by atoms with van der Waals surface area (Å²) in [6.45, 7) is 3.98. The summed E-state index contributed by atoms with van der Waals surface area (Å²) in [5.74, 6) is 1.34. The first-order valence-corrected chi connectivity index (χ1v) is 9.66. The van der Waals surface area contributed by atoms with Crippen molar-refractivity contribution in [1.29, 1.82) is 0 Å². The lowest BCUT2D eigenvalue weighted by molar-refractivity contribution is 0.290. The minimum atomic E-state index is 0. The predicted octanol–water partition coefficient (Wildman–Crippen LogP) is 3.81. The van der Waals surface area contributed by atoms with Gasteiger partial charge in [-0.3, -0.25) is 4.99 Å². The van der Waals surface area contributed by atoms with Crippen molar-refractivity contribution in [2.24, 2.45) is 4.99 Å². The lowest BCUT2D eigenvalue weighted by Crippen LogP contribution is -2.46. The summed E-state index contributed by atoms with van der Waals surface area (Å²) in [5, 5.41) is 9.04. The Hall–Kier alpha value is -1.12. The number of benzene rings is 1. The number of halogens is 1. The molecule has 2 aromatic rings. The molecule has 1 aromatic heterocycles. The Morgan fingerprint density at radius 1 is 1.08 bits per heavy atom. The minimum Gasteiger partial charge on any atom is -0.356 e. The van der Waals surface area contributed by atoms with Crippen molar-refractivity contribution in [2.75, 3.05) is 34.2 Å². The van der Waals surface area contributed by atoms with Gasteiger partial charge in [0.25, 0.3) is 0 Å². The Morgan fingerprint density at radius 2 is 1.77 bits per heavy atom. The van der Waals surface area contributed by atoms with Crippen LogP contribution >= 0.6 is 35.3 Å². The number of nitrogens with zero attached hydrogens (tertiary/aromatic N) is 2. The van der Waals surface area contributed by atoms with Crippen molar-refractivity contribution in [3.8, 4) is 0 Å². The van der Waals surface area contributed by atoms with Crippen LogP contribution in [0.2, 0.25) is 0 Å². The summed E-state index contributed by atoms with van der Waals surface area (Å²) in [6, 6.07) is 15.3. The van der Waals surface area contributed by atoms with Gasteiger partial charge in [0.1, 0.15) is 0 Å². The Kier molecular flexibility index (Phi) is 10.8. The molecule has 0 saturated carbocycles. The summed E-state index contributed by atoms with van der Waals surface area (Å²) in [4.78, 5) is 8.03. The third kappa shape index (κ3) is 7.63. The second-order valence-electron chi connectivity index (χ2n) is 6.56. The molecule has 6 heteroatoms. The van der Waals surface area contributed by atoms with Crippen LogP contribution in [0.5, 0.6) is 0 Å². The summed E-state index contributed by atoms with van der Waals surface area (Å²) < 4.78 is 0. The molecule has 2 rings (SSSR count). The van der Waals surface area contributed by atoms with E-state index in [0.717, 1.165) is 25.5 Å². The average Bonchev–Trinajstić information content (AvgIpc) is 3.16. The molecule has 0 fully saturated rings. The molecule has 26 heavy (non-hydrogen) atoms.